The summed E-state index contributed by atoms with van der Waals surface area (Å²) in [7, 11) is 0. The highest BCUT2D eigenvalue weighted by atomic mass is 35.5. The van der Waals surface area contributed by atoms with Crippen LogP contribution in [-0.2, 0) is 0 Å². The van der Waals surface area contributed by atoms with Crippen LogP contribution in [0.5, 0.6) is 5.75 Å². The molecule has 0 aliphatic heterocycles. The van der Waals surface area contributed by atoms with Crippen molar-refractivity contribution in [1.29, 1.82) is 0 Å². The van der Waals surface area contributed by atoms with Crippen molar-refractivity contribution in [3.63, 3.8) is 0 Å². The molecule has 0 aliphatic rings. The molecule has 0 bridgehead atoms. The minimum absolute atomic E-state index is 0.221. The summed E-state index contributed by atoms with van der Waals surface area (Å²) >= 11 is 6.07. The molecule has 0 fully saturated rings. The van der Waals surface area contributed by atoms with Crippen molar-refractivity contribution in [2.24, 2.45) is 0 Å². The van der Waals surface area contributed by atoms with Gasteiger partial charge in [-0.25, -0.2) is 0 Å². The number of nitrogens with zero attached hydrogens (tertiary/aromatic N) is 1. The van der Waals surface area contributed by atoms with E-state index >= 15 is 0 Å². The third-order valence-corrected chi connectivity index (χ3v) is 3.61. The van der Waals surface area contributed by atoms with Gasteiger partial charge in [-0.05, 0) is 43.7 Å². The Kier molecular flexibility index (Phi) is 7.22. The maximum atomic E-state index is 12.1. The zero-order valence-corrected chi connectivity index (χ0v) is 14.7. The van der Waals surface area contributed by atoms with E-state index in [0.717, 1.165) is 0 Å². The number of hydrogen-bond acceptors (Lipinski definition) is 4. The summed E-state index contributed by atoms with van der Waals surface area (Å²) in [6.07, 6.45) is 2.17. The Morgan fingerprint density at radius 3 is 2.52 bits per heavy atom. The Bertz CT molecular complexity index is 723. The van der Waals surface area contributed by atoms with Gasteiger partial charge in [-0.1, -0.05) is 17.7 Å². The van der Waals surface area contributed by atoms with E-state index in [1.54, 1.807) is 42.6 Å². The fraction of sp³-hybridized carbons (Fsp3) is 0.278. The average Bonchev–Trinajstić information content (AvgIpc) is 2.63. The molecule has 7 heteroatoms. The highest BCUT2D eigenvalue weighted by Crippen LogP contribution is 2.25. The number of aromatic nitrogens is 1. The number of carbonyl (C=O) groups excluding carboxylic acids is 2. The minimum atomic E-state index is -0.231. The molecule has 0 saturated heterocycles. The molecule has 2 aromatic rings. The minimum Gasteiger partial charge on any atom is -0.492 e. The molecule has 0 spiro atoms. The first kappa shape index (κ1) is 18.7. The smallest absolute Gasteiger partial charge is 0.269 e. The van der Waals surface area contributed by atoms with E-state index < -0.39 is 0 Å². The van der Waals surface area contributed by atoms with Crippen LogP contribution in [0.2, 0.25) is 5.02 Å². The predicted molar refractivity (Wildman–Crippen MR) is 96.1 cm³/mol. The van der Waals surface area contributed by atoms with Gasteiger partial charge in [-0.2, -0.15) is 0 Å². The SMILES string of the molecule is CCOc1ccc(C(=O)NCCCNC(=O)c2ccccn2)cc1Cl. The number of ether oxygens (including phenoxy) is 1. The first-order valence-electron chi connectivity index (χ1n) is 8.01. The molecule has 0 saturated carbocycles. The Morgan fingerprint density at radius 1 is 1.12 bits per heavy atom. The molecule has 1 aromatic heterocycles. The van der Waals surface area contributed by atoms with E-state index in [0.29, 0.717) is 48.1 Å². The van der Waals surface area contributed by atoms with Gasteiger partial charge in [0.1, 0.15) is 11.4 Å². The van der Waals surface area contributed by atoms with Crippen molar-refractivity contribution in [2.45, 2.75) is 13.3 Å². The monoisotopic (exact) mass is 361 g/mol. The molecule has 0 radical (unpaired) electrons. The molecule has 25 heavy (non-hydrogen) atoms. The highest BCUT2D eigenvalue weighted by molar-refractivity contribution is 6.32. The maximum Gasteiger partial charge on any atom is 0.269 e. The number of nitrogens with one attached hydrogen (secondary N) is 2. The van der Waals surface area contributed by atoms with Crippen LogP contribution in [0.3, 0.4) is 0 Å². The van der Waals surface area contributed by atoms with Gasteiger partial charge in [-0.3, -0.25) is 14.6 Å². The first-order valence-corrected chi connectivity index (χ1v) is 8.39. The van der Waals surface area contributed by atoms with Gasteiger partial charge in [0.05, 0.1) is 11.6 Å². The fourth-order valence-corrected chi connectivity index (χ4v) is 2.33. The second kappa shape index (κ2) is 9.64. The Balaban J connectivity index is 1.72. The lowest BCUT2D eigenvalue weighted by molar-refractivity contribution is 0.0948. The van der Waals surface area contributed by atoms with Crippen LogP contribution in [0.4, 0.5) is 0 Å². The number of carbonyl (C=O) groups is 2. The molecule has 1 heterocycles. The zero-order valence-electron chi connectivity index (χ0n) is 13.9. The van der Waals surface area contributed by atoms with Crippen molar-refractivity contribution < 1.29 is 14.3 Å². The van der Waals surface area contributed by atoms with Crippen molar-refractivity contribution in [3.8, 4) is 5.75 Å². The van der Waals surface area contributed by atoms with Crippen LogP contribution in [0.25, 0.3) is 0 Å². The summed E-state index contributed by atoms with van der Waals surface area (Å²) in [4.78, 5) is 27.8. The number of halogens is 1. The molecule has 2 N–H and O–H groups in total. The number of rotatable bonds is 8. The fourth-order valence-electron chi connectivity index (χ4n) is 2.10. The van der Waals surface area contributed by atoms with Crippen LogP contribution in [0.1, 0.15) is 34.2 Å². The third kappa shape index (κ3) is 5.76. The van der Waals surface area contributed by atoms with Gasteiger partial charge in [0.15, 0.2) is 0 Å². The lowest BCUT2D eigenvalue weighted by Gasteiger charge is -2.09. The number of benzene rings is 1. The second-order valence-corrected chi connectivity index (χ2v) is 5.57. The molecule has 132 valence electrons. The van der Waals surface area contributed by atoms with Crippen molar-refractivity contribution in [1.82, 2.24) is 15.6 Å². The maximum absolute atomic E-state index is 12.1. The number of hydrogen-bond donors (Lipinski definition) is 2. The summed E-state index contributed by atoms with van der Waals surface area (Å²) in [5.74, 6) is 0.101. The normalized spacial score (nSPS) is 10.2. The quantitative estimate of drug-likeness (QED) is 0.708. The topological polar surface area (TPSA) is 80.3 Å². The van der Waals surface area contributed by atoms with Crippen molar-refractivity contribution in [3.05, 3.63) is 58.9 Å². The Labute approximate surface area is 151 Å². The van der Waals surface area contributed by atoms with E-state index in [1.165, 1.54) is 0 Å². The lowest BCUT2D eigenvalue weighted by atomic mass is 10.2. The van der Waals surface area contributed by atoms with Gasteiger partial charge < -0.3 is 15.4 Å². The third-order valence-electron chi connectivity index (χ3n) is 3.32. The molecule has 0 atom stereocenters. The summed E-state index contributed by atoms with van der Waals surface area (Å²) < 4.78 is 5.33. The highest BCUT2D eigenvalue weighted by Gasteiger charge is 2.09. The summed E-state index contributed by atoms with van der Waals surface area (Å²) in [6.45, 7) is 3.25. The Hall–Kier alpha value is -2.60. The van der Waals surface area contributed by atoms with Gasteiger partial charge >= 0.3 is 0 Å². The standard InChI is InChI=1S/C18H20ClN3O3/c1-2-25-16-8-7-13(12-14(16)19)17(23)21-10-5-11-22-18(24)15-6-3-4-9-20-15/h3-4,6-9,12H,2,5,10-11H2,1H3,(H,21,23)(H,22,24). The van der Waals surface area contributed by atoms with Gasteiger partial charge in [0.25, 0.3) is 11.8 Å². The van der Waals surface area contributed by atoms with Crippen LogP contribution in [-0.4, -0.2) is 36.5 Å². The lowest BCUT2D eigenvalue weighted by Crippen LogP contribution is -2.30. The first-order chi connectivity index (χ1) is 12.1. The summed E-state index contributed by atoms with van der Waals surface area (Å²) in [6, 6.07) is 10.1. The summed E-state index contributed by atoms with van der Waals surface area (Å²) in [5.41, 5.74) is 0.835. The predicted octanol–water partition coefficient (Wildman–Crippen LogP) is 2.68. The number of pyridine rings is 1. The molecule has 6 nitrogen and oxygen atoms in total. The van der Waals surface area contributed by atoms with Crippen molar-refractivity contribution >= 4 is 23.4 Å². The molecule has 0 aliphatic carbocycles. The van der Waals surface area contributed by atoms with E-state index in [4.69, 9.17) is 16.3 Å². The molecule has 2 amide bonds. The van der Waals surface area contributed by atoms with E-state index in [9.17, 15) is 9.59 Å². The molecule has 1 aromatic carbocycles. The van der Waals surface area contributed by atoms with Crippen LogP contribution >= 0.6 is 11.6 Å². The van der Waals surface area contributed by atoms with Gasteiger partial charge in [0.2, 0.25) is 0 Å². The largest absolute Gasteiger partial charge is 0.492 e. The van der Waals surface area contributed by atoms with E-state index in [-0.39, 0.29) is 11.8 Å². The molecule has 0 unspecified atom stereocenters. The summed E-state index contributed by atoms with van der Waals surface area (Å²) in [5, 5.41) is 5.94. The number of amides is 2. The van der Waals surface area contributed by atoms with Gasteiger partial charge in [-0.15, -0.1) is 0 Å². The second-order valence-electron chi connectivity index (χ2n) is 5.16. The van der Waals surface area contributed by atoms with Crippen molar-refractivity contribution in [2.75, 3.05) is 19.7 Å². The molecular formula is C18H20ClN3O3. The van der Waals surface area contributed by atoms with E-state index in [1.807, 2.05) is 6.92 Å². The average molecular weight is 362 g/mol. The molecular weight excluding hydrogens is 342 g/mol. The molecule has 2 rings (SSSR count). The zero-order chi connectivity index (χ0) is 18.1. The van der Waals surface area contributed by atoms with Gasteiger partial charge in [0, 0.05) is 24.8 Å². The van der Waals surface area contributed by atoms with E-state index in [2.05, 4.69) is 15.6 Å². The van der Waals surface area contributed by atoms with Crippen LogP contribution in [0.15, 0.2) is 42.6 Å². The Morgan fingerprint density at radius 2 is 1.88 bits per heavy atom. The van der Waals surface area contributed by atoms with Crippen LogP contribution < -0.4 is 15.4 Å². The van der Waals surface area contributed by atoms with Crippen LogP contribution in [0, 0.1) is 0 Å².